The molecule has 8 heteroatoms. The number of aromatic nitrogens is 3. The largest absolute Gasteiger partial charge is 0.394 e. The first-order valence-electron chi connectivity index (χ1n) is 13.1. The highest BCUT2D eigenvalue weighted by Crippen LogP contribution is 2.43. The fourth-order valence-corrected chi connectivity index (χ4v) is 7.25. The number of alkyl halides is 3. The number of hydrogen-bond acceptors (Lipinski definition) is 5. The maximum atomic E-state index is 13.4. The van der Waals surface area contributed by atoms with Crippen molar-refractivity contribution in [3.63, 3.8) is 0 Å². The lowest BCUT2D eigenvalue weighted by molar-refractivity contribution is -0.211. The molecule has 0 bridgehead atoms. The number of halogens is 3. The third-order valence-corrected chi connectivity index (χ3v) is 9.41. The van der Waals surface area contributed by atoms with E-state index >= 15 is 0 Å². The van der Waals surface area contributed by atoms with Crippen LogP contribution in [0.15, 0.2) is 66.9 Å². The molecule has 6 rings (SSSR count). The zero-order valence-electron chi connectivity index (χ0n) is 22.8. The van der Waals surface area contributed by atoms with Gasteiger partial charge in [0.15, 0.2) is 9.66 Å². The molecule has 0 N–H and O–H groups in total. The molecule has 0 saturated carbocycles. The predicted octanol–water partition coefficient (Wildman–Crippen LogP) is 10.2. The van der Waals surface area contributed by atoms with Crippen molar-refractivity contribution in [2.45, 2.75) is 52.6 Å². The Hall–Kier alpha value is -3.36. The van der Waals surface area contributed by atoms with Gasteiger partial charge in [-0.15, -0.1) is 0 Å². The van der Waals surface area contributed by atoms with Crippen molar-refractivity contribution in [2.24, 2.45) is 5.41 Å². The Labute approximate surface area is 238 Å². The quantitative estimate of drug-likeness (QED) is 0.210. The first-order chi connectivity index (χ1) is 18.8. The highest BCUT2D eigenvalue weighted by atomic mass is 32.1. The number of thiazole rings is 2. The van der Waals surface area contributed by atoms with Crippen molar-refractivity contribution in [1.82, 2.24) is 15.0 Å². The van der Waals surface area contributed by atoms with Gasteiger partial charge in [-0.25, -0.2) is 9.97 Å². The van der Waals surface area contributed by atoms with E-state index in [0.29, 0.717) is 14.7 Å². The number of hydrogen-bond donors (Lipinski definition) is 0. The fraction of sp³-hybridized carbons (Fsp3) is 0.281. The molecule has 6 aromatic rings. The van der Waals surface area contributed by atoms with E-state index in [4.69, 9.17) is 9.97 Å². The minimum absolute atomic E-state index is 0.0263. The van der Waals surface area contributed by atoms with Crippen LogP contribution >= 0.6 is 22.7 Å². The lowest BCUT2D eigenvalue weighted by Crippen LogP contribution is -2.34. The molecule has 0 atom stereocenters. The van der Waals surface area contributed by atoms with Crippen LogP contribution in [0.25, 0.3) is 53.0 Å². The van der Waals surface area contributed by atoms with E-state index in [1.54, 1.807) is 0 Å². The summed E-state index contributed by atoms with van der Waals surface area (Å²) in [7, 11) is 0. The maximum absolute atomic E-state index is 13.4. The second-order valence-electron chi connectivity index (χ2n) is 11.9. The summed E-state index contributed by atoms with van der Waals surface area (Å²) >= 11 is 2.65. The van der Waals surface area contributed by atoms with E-state index in [1.807, 2.05) is 18.3 Å². The molecule has 0 aliphatic rings. The van der Waals surface area contributed by atoms with E-state index in [-0.39, 0.29) is 11.8 Å². The standard InChI is InChI=1S/C32H28F3N3S2/c1-30(2,3)24-16-21(15-18-8-6-7-9-22(18)24)26-23-11-10-20(14-19(23)12-13-36-26)27-38-29-28(40-27)37-25(39-29)17-31(4,5)32(33,34)35/h6-16H,17H2,1-5H3. The van der Waals surface area contributed by atoms with Gasteiger partial charge in [-0.3, -0.25) is 4.98 Å². The summed E-state index contributed by atoms with van der Waals surface area (Å²) in [5.41, 5.74) is 2.38. The molecular formula is C32H28F3N3S2. The first-order valence-corrected chi connectivity index (χ1v) is 14.7. The normalized spacial score (nSPS) is 13.1. The summed E-state index contributed by atoms with van der Waals surface area (Å²) in [5, 5.41) is 5.80. The Bertz CT molecular complexity index is 1860. The molecule has 0 aliphatic heterocycles. The van der Waals surface area contributed by atoms with Crippen LogP contribution in [0.2, 0.25) is 0 Å². The van der Waals surface area contributed by atoms with Crippen LogP contribution in [0, 0.1) is 5.41 Å². The molecule has 0 aliphatic carbocycles. The van der Waals surface area contributed by atoms with Gasteiger partial charge >= 0.3 is 6.18 Å². The molecule has 204 valence electrons. The summed E-state index contributed by atoms with van der Waals surface area (Å²) < 4.78 is 40.1. The number of nitrogens with zero attached hydrogens (tertiary/aromatic N) is 3. The van der Waals surface area contributed by atoms with Crippen molar-refractivity contribution < 1.29 is 13.2 Å². The topological polar surface area (TPSA) is 38.7 Å². The smallest absolute Gasteiger partial charge is 0.256 e. The van der Waals surface area contributed by atoms with Gasteiger partial charge in [0.1, 0.15) is 5.01 Å². The number of rotatable bonds is 4. The summed E-state index contributed by atoms with van der Waals surface area (Å²) in [4.78, 5) is 15.4. The van der Waals surface area contributed by atoms with Crippen LogP contribution in [-0.4, -0.2) is 21.1 Å². The van der Waals surface area contributed by atoms with Crippen LogP contribution in [0.1, 0.15) is 45.2 Å². The number of benzene rings is 3. The van der Waals surface area contributed by atoms with Crippen molar-refractivity contribution in [3.05, 3.63) is 77.4 Å². The number of pyridine rings is 1. The predicted molar refractivity (Wildman–Crippen MR) is 161 cm³/mol. The van der Waals surface area contributed by atoms with Crippen LogP contribution in [0.4, 0.5) is 13.2 Å². The second-order valence-corrected chi connectivity index (χ2v) is 13.9. The van der Waals surface area contributed by atoms with Crippen LogP contribution in [0.5, 0.6) is 0 Å². The van der Waals surface area contributed by atoms with Crippen LogP contribution in [-0.2, 0) is 11.8 Å². The molecule has 0 unspecified atom stereocenters. The van der Waals surface area contributed by atoms with Crippen molar-refractivity contribution in [2.75, 3.05) is 0 Å². The Morgan fingerprint density at radius 3 is 2.15 bits per heavy atom. The van der Waals surface area contributed by atoms with Gasteiger partial charge < -0.3 is 0 Å². The minimum atomic E-state index is -4.29. The third kappa shape index (κ3) is 4.77. The Balaban J connectivity index is 1.38. The molecule has 3 aromatic carbocycles. The third-order valence-electron chi connectivity index (χ3n) is 7.34. The first kappa shape index (κ1) is 26.8. The van der Waals surface area contributed by atoms with Crippen molar-refractivity contribution in [3.8, 4) is 21.8 Å². The summed E-state index contributed by atoms with van der Waals surface area (Å²) in [5.74, 6) is 0. The second kappa shape index (κ2) is 9.35. The van der Waals surface area contributed by atoms with Gasteiger partial charge in [0.25, 0.3) is 0 Å². The van der Waals surface area contributed by atoms with Crippen molar-refractivity contribution in [1.29, 1.82) is 0 Å². The Morgan fingerprint density at radius 1 is 0.725 bits per heavy atom. The molecule has 3 heterocycles. The Morgan fingerprint density at radius 2 is 1.43 bits per heavy atom. The van der Waals surface area contributed by atoms with Gasteiger partial charge in [0.2, 0.25) is 0 Å². The zero-order chi connectivity index (χ0) is 28.4. The van der Waals surface area contributed by atoms with Gasteiger partial charge in [-0.05, 0) is 51.4 Å². The molecule has 3 nitrogen and oxygen atoms in total. The van der Waals surface area contributed by atoms with E-state index in [1.165, 1.54) is 52.9 Å². The fourth-order valence-electron chi connectivity index (χ4n) is 4.97. The number of fused-ring (bicyclic) bond motifs is 3. The average Bonchev–Trinajstić information content (AvgIpc) is 3.44. The monoisotopic (exact) mass is 575 g/mol. The van der Waals surface area contributed by atoms with Gasteiger partial charge in [0, 0.05) is 29.1 Å². The van der Waals surface area contributed by atoms with E-state index in [2.05, 4.69) is 74.3 Å². The van der Waals surface area contributed by atoms with Crippen molar-refractivity contribution >= 4 is 53.9 Å². The molecule has 0 amide bonds. The minimum Gasteiger partial charge on any atom is -0.256 e. The van der Waals surface area contributed by atoms with Crippen LogP contribution < -0.4 is 0 Å². The van der Waals surface area contributed by atoms with E-state index < -0.39 is 11.6 Å². The lowest BCUT2D eigenvalue weighted by Gasteiger charge is -2.26. The Kier molecular flexibility index (Phi) is 6.27. The highest BCUT2D eigenvalue weighted by molar-refractivity contribution is 7.28. The molecular weight excluding hydrogens is 548 g/mol. The van der Waals surface area contributed by atoms with E-state index in [9.17, 15) is 13.2 Å². The molecule has 0 saturated heterocycles. The lowest BCUT2D eigenvalue weighted by atomic mass is 9.82. The SMILES string of the molecule is CC(C)(C)c1cc(-c2nccc3cc(-c4nc5sc(CC(C)(C)C(F)(F)F)nc5s4)ccc23)cc2ccccc12. The highest BCUT2D eigenvalue weighted by Gasteiger charge is 2.47. The van der Waals surface area contributed by atoms with Gasteiger partial charge in [-0.1, -0.05) is 93.7 Å². The molecule has 40 heavy (non-hydrogen) atoms. The molecule has 0 spiro atoms. The summed E-state index contributed by atoms with van der Waals surface area (Å²) in [6.45, 7) is 9.11. The molecule has 0 radical (unpaired) electrons. The summed E-state index contributed by atoms with van der Waals surface area (Å²) in [6.07, 6.45) is -2.61. The summed E-state index contributed by atoms with van der Waals surface area (Å²) in [6, 6.07) is 21.2. The van der Waals surface area contributed by atoms with Crippen LogP contribution in [0.3, 0.4) is 0 Å². The maximum Gasteiger partial charge on any atom is 0.394 e. The van der Waals surface area contributed by atoms with Gasteiger partial charge in [0.05, 0.1) is 16.1 Å². The molecule has 3 aromatic heterocycles. The van der Waals surface area contributed by atoms with Gasteiger partial charge in [-0.2, -0.15) is 13.2 Å². The zero-order valence-corrected chi connectivity index (χ0v) is 24.5. The van der Waals surface area contributed by atoms with E-state index in [0.717, 1.165) is 32.6 Å². The average molecular weight is 576 g/mol. The molecule has 0 fully saturated rings.